The van der Waals surface area contributed by atoms with Crippen LogP contribution in [0.15, 0.2) is 23.0 Å². The first kappa shape index (κ1) is 24.7. The average Bonchev–Trinajstić information content (AvgIpc) is 2.75. The molecule has 188 valence electrons. The molecule has 0 bridgehead atoms. The zero-order valence-corrected chi connectivity index (χ0v) is 20.4. The van der Waals surface area contributed by atoms with Crippen molar-refractivity contribution < 1.29 is 34.8 Å². The predicted molar refractivity (Wildman–Crippen MR) is 128 cm³/mol. The van der Waals surface area contributed by atoms with Crippen molar-refractivity contribution in [3.63, 3.8) is 0 Å². The van der Waals surface area contributed by atoms with Gasteiger partial charge in [-0.1, -0.05) is 6.92 Å². The predicted octanol–water partition coefficient (Wildman–Crippen LogP) is 0.592. The van der Waals surface area contributed by atoms with E-state index in [1.54, 1.807) is 14.1 Å². The zero-order valence-electron chi connectivity index (χ0n) is 20.4. The van der Waals surface area contributed by atoms with Gasteiger partial charge in [-0.25, -0.2) is 0 Å². The molecule has 0 heterocycles. The number of aliphatic hydroxyl groups is 3. The van der Waals surface area contributed by atoms with Crippen LogP contribution in [0.25, 0.3) is 5.76 Å². The van der Waals surface area contributed by atoms with E-state index in [0.717, 1.165) is 5.69 Å². The first-order valence-corrected chi connectivity index (χ1v) is 11.5. The monoisotopic (exact) mass is 485 g/mol. The van der Waals surface area contributed by atoms with Crippen LogP contribution < -0.4 is 10.6 Å². The summed E-state index contributed by atoms with van der Waals surface area (Å²) in [6.07, 6.45) is 0.804. The summed E-state index contributed by atoms with van der Waals surface area (Å²) in [7, 11) is 6.82. The van der Waals surface area contributed by atoms with Gasteiger partial charge in [-0.15, -0.1) is 0 Å². The number of fused-ring (bicyclic) bond motifs is 3. The number of nitrogens with two attached hydrogens (primary N) is 1. The summed E-state index contributed by atoms with van der Waals surface area (Å²) >= 11 is 0. The molecule has 35 heavy (non-hydrogen) atoms. The number of primary amides is 1. The molecule has 1 fully saturated rings. The SMILES string of the molecule is CCc1cc(N(C)C)c2c(c1O)C(O)=C1C(=O)[C@]3(O)C(O)=C(C(N)=O)C(=O)C(N(C)C)C3CC1C2. The Morgan fingerprint density at radius 1 is 1.17 bits per heavy atom. The number of rotatable bonds is 4. The molecule has 6 N–H and O–H groups in total. The van der Waals surface area contributed by atoms with Gasteiger partial charge in [0.05, 0.1) is 11.6 Å². The van der Waals surface area contributed by atoms with Crippen molar-refractivity contribution in [3.8, 4) is 5.75 Å². The van der Waals surface area contributed by atoms with Crippen molar-refractivity contribution in [3.05, 3.63) is 39.7 Å². The molecule has 3 aliphatic rings. The number of hydrogen-bond acceptors (Lipinski definition) is 9. The topological polar surface area (TPSA) is 165 Å². The lowest BCUT2D eigenvalue weighted by molar-refractivity contribution is -0.153. The summed E-state index contributed by atoms with van der Waals surface area (Å²) in [4.78, 5) is 42.3. The van der Waals surface area contributed by atoms with Gasteiger partial charge in [-0.05, 0) is 56.5 Å². The van der Waals surface area contributed by atoms with Crippen LogP contribution in [0.4, 0.5) is 5.69 Å². The van der Waals surface area contributed by atoms with Crippen molar-refractivity contribution in [1.29, 1.82) is 0 Å². The van der Waals surface area contributed by atoms with Crippen LogP contribution in [0.5, 0.6) is 5.75 Å². The molecule has 4 atom stereocenters. The number of Topliss-reactive ketones (excluding diaryl/α,β-unsaturated/α-hetero) is 2. The third-order valence-electron chi connectivity index (χ3n) is 7.64. The number of amides is 1. The van der Waals surface area contributed by atoms with Crippen molar-refractivity contribution in [2.45, 2.75) is 37.8 Å². The fourth-order valence-electron chi connectivity index (χ4n) is 6.01. The van der Waals surface area contributed by atoms with Crippen molar-refractivity contribution in [2.24, 2.45) is 17.6 Å². The highest BCUT2D eigenvalue weighted by Crippen LogP contribution is 2.54. The average molecular weight is 486 g/mol. The fourth-order valence-corrected chi connectivity index (χ4v) is 6.01. The Morgan fingerprint density at radius 2 is 1.80 bits per heavy atom. The number of ketones is 2. The second kappa shape index (κ2) is 8.10. The number of benzene rings is 1. The molecule has 10 heteroatoms. The number of phenols is 1. The molecular formula is C25H31N3O7. The van der Waals surface area contributed by atoms with Gasteiger partial charge in [0.25, 0.3) is 5.91 Å². The molecule has 0 saturated heterocycles. The van der Waals surface area contributed by atoms with Gasteiger partial charge in [0.15, 0.2) is 11.4 Å². The molecule has 1 saturated carbocycles. The normalized spacial score (nSPS) is 28.1. The van der Waals surface area contributed by atoms with Crippen LogP contribution >= 0.6 is 0 Å². The minimum atomic E-state index is -2.63. The zero-order chi connectivity index (χ0) is 26.1. The number of likely N-dealkylation sites (N-methyl/N-ethyl adjacent to an activating group) is 1. The van der Waals surface area contributed by atoms with Gasteiger partial charge in [0.1, 0.15) is 22.8 Å². The molecule has 1 amide bonds. The van der Waals surface area contributed by atoms with E-state index in [4.69, 9.17) is 5.73 Å². The molecule has 0 aromatic heterocycles. The summed E-state index contributed by atoms with van der Waals surface area (Å²) in [5, 5.41) is 44.8. The van der Waals surface area contributed by atoms with Gasteiger partial charge >= 0.3 is 0 Å². The maximum absolute atomic E-state index is 13.8. The molecule has 4 rings (SSSR count). The largest absolute Gasteiger partial charge is 0.508 e. The van der Waals surface area contributed by atoms with Gasteiger partial charge < -0.3 is 31.1 Å². The second-order valence-electron chi connectivity index (χ2n) is 9.97. The highest BCUT2D eigenvalue weighted by atomic mass is 16.3. The van der Waals surface area contributed by atoms with E-state index >= 15 is 0 Å². The van der Waals surface area contributed by atoms with Crippen molar-refractivity contribution in [2.75, 3.05) is 33.1 Å². The van der Waals surface area contributed by atoms with Gasteiger partial charge in [0.2, 0.25) is 5.78 Å². The number of carbonyl (C=O) groups is 3. The Hall–Kier alpha value is -3.37. The van der Waals surface area contributed by atoms with Gasteiger partial charge in [0, 0.05) is 31.3 Å². The molecule has 10 nitrogen and oxygen atoms in total. The summed E-state index contributed by atoms with van der Waals surface area (Å²) in [6, 6.07) is 0.741. The Morgan fingerprint density at radius 3 is 2.31 bits per heavy atom. The molecule has 1 aromatic carbocycles. The van der Waals surface area contributed by atoms with E-state index in [1.807, 2.05) is 32.0 Å². The summed E-state index contributed by atoms with van der Waals surface area (Å²) in [6.45, 7) is 1.85. The lowest BCUT2D eigenvalue weighted by Gasteiger charge is -2.50. The van der Waals surface area contributed by atoms with E-state index in [0.29, 0.717) is 17.5 Å². The van der Waals surface area contributed by atoms with Crippen LogP contribution in [0.2, 0.25) is 0 Å². The minimum Gasteiger partial charge on any atom is -0.508 e. The molecule has 1 aromatic rings. The Bertz CT molecular complexity index is 1230. The number of hydrogen-bond donors (Lipinski definition) is 5. The maximum atomic E-state index is 13.8. The number of aromatic hydroxyl groups is 1. The van der Waals surface area contributed by atoms with Crippen LogP contribution in [0, 0.1) is 11.8 Å². The van der Waals surface area contributed by atoms with Gasteiger partial charge in [-0.2, -0.15) is 0 Å². The Kier molecular flexibility index (Phi) is 5.72. The van der Waals surface area contributed by atoms with E-state index in [9.17, 15) is 34.8 Å². The highest BCUT2D eigenvalue weighted by Gasteiger charge is 2.64. The second-order valence-corrected chi connectivity index (χ2v) is 9.97. The van der Waals surface area contributed by atoms with Crippen LogP contribution in [0.3, 0.4) is 0 Å². The quantitative estimate of drug-likeness (QED) is 0.384. The lowest BCUT2D eigenvalue weighted by Crippen LogP contribution is -2.65. The van der Waals surface area contributed by atoms with E-state index < -0.39 is 58.0 Å². The van der Waals surface area contributed by atoms with E-state index in [-0.39, 0.29) is 29.7 Å². The number of aliphatic hydroxyl groups excluding tert-OH is 2. The standard InChI is InChI=1S/C25H31N3O7/c1-6-10-9-14(27(2)3)12-7-11-8-13-18(28(4)5)21(31)17(24(26)34)23(33)25(13,35)22(32)15(11)20(30)16(12)19(10)29/h9,11,13,18,29-30,33,35H,6-8H2,1-5H3,(H2,26,34)/t11?,13?,18?,25-/m0/s1. The molecule has 0 aliphatic heterocycles. The van der Waals surface area contributed by atoms with Crippen molar-refractivity contribution in [1.82, 2.24) is 4.90 Å². The van der Waals surface area contributed by atoms with Crippen molar-refractivity contribution >= 4 is 28.9 Å². The maximum Gasteiger partial charge on any atom is 0.255 e. The van der Waals surface area contributed by atoms with E-state index in [1.165, 1.54) is 4.90 Å². The fraction of sp³-hybridized carbons (Fsp3) is 0.480. The molecule has 0 spiro atoms. The third kappa shape index (κ3) is 3.20. The number of anilines is 1. The first-order chi connectivity index (χ1) is 16.3. The summed E-state index contributed by atoms with van der Waals surface area (Å²) in [5.74, 6) is -6.43. The van der Waals surface area contributed by atoms with Crippen LogP contribution in [-0.4, -0.2) is 82.6 Å². The van der Waals surface area contributed by atoms with Crippen LogP contribution in [-0.2, 0) is 27.2 Å². The molecule has 3 aliphatic carbocycles. The summed E-state index contributed by atoms with van der Waals surface area (Å²) < 4.78 is 0. The van der Waals surface area contributed by atoms with Crippen LogP contribution in [0.1, 0.15) is 30.0 Å². The third-order valence-corrected chi connectivity index (χ3v) is 7.64. The minimum absolute atomic E-state index is 0.0644. The number of nitrogens with zero attached hydrogens (tertiary/aromatic N) is 2. The molecule has 0 radical (unpaired) electrons. The molecule has 3 unspecified atom stereocenters. The molecular weight excluding hydrogens is 454 g/mol. The smallest absolute Gasteiger partial charge is 0.255 e. The lowest BCUT2D eigenvalue weighted by atomic mass is 9.57. The Labute approximate surface area is 202 Å². The highest BCUT2D eigenvalue weighted by molar-refractivity contribution is 6.24. The number of carbonyl (C=O) groups excluding carboxylic acids is 3. The van der Waals surface area contributed by atoms with Gasteiger partial charge in [-0.3, -0.25) is 19.3 Å². The Balaban J connectivity index is 2.01. The summed E-state index contributed by atoms with van der Waals surface area (Å²) in [5.41, 5.74) is 3.85. The number of aryl methyl sites for hydroxylation is 1. The first-order valence-electron chi connectivity index (χ1n) is 11.5. The number of phenolic OH excluding ortho intramolecular Hbond substituents is 1. The van der Waals surface area contributed by atoms with E-state index in [2.05, 4.69) is 0 Å².